The summed E-state index contributed by atoms with van der Waals surface area (Å²) in [7, 11) is -2.89. The van der Waals surface area contributed by atoms with Gasteiger partial charge in [0.1, 0.15) is 0 Å². The van der Waals surface area contributed by atoms with Gasteiger partial charge in [0.2, 0.25) is 0 Å². The van der Waals surface area contributed by atoms with E-state index in [1.54, 1.807) is 0 Å². The molecular weight excluding hydrogens is 196 g/mol. The van der Waals surface area contributed by atoms with E-state index in [-0.39, 0.29) is 10.5 Å². The van der Waals surface area contributed by atoms with E-state index in [1.807, 2.05) is 24.3 Å². The van der Waals surface area contributed by atoms with Gasteiger partial charge in [-0.15, -0.1) is 0 Å². The largest absolute Gasteiger partial charge is 0.228 e. The molecule has 1 saturated heterocycles. The van der Waals surface area contributed by atoms with Crippen LogP contribution in [0.2, 0.25) is 0 Å². The minimum absolute atomic E-state index is 0.197. The van der Waals surface area contributed by atoms with Gasteiger partial charge in [-0.05, 0) is 24.0 Å². The van der Waals surface area contributed by atoms with Gasteiger partial charge in [0.15, 0.2) is 9.84 Å². The summed E-state index contributed by atoms with van der Waals surface area (Å²) < 4.78 is 24.1. The fraction of sp³-hybridized carbons (Fsp3) is 0.455. The third-order valence-corrected chi connectivity index (χ3v) is 5.98. The summed E-state index contributed by atoms with van der Waals surface area (Å²) in [6.45, 7) is 0. The lowest BCUT2D eigenvalue weighted by molar-refractivity contribution is 0.533. The zero-order valence-electron chi connectivity index (χ0n) is 7.81. The molecule has 2 nitrogen and oxygen atoms in total. The molecule has 0 aromatic heterocycles. The summed E-state index contributed by atoms with van der Waals surface area (Å²) in [5, 5.41) is -0.394. The molecule has 14 heavy (non-hydrogen) atoms. The molecule has 0 radical (unpaired) electrons. The molecule has 2 heterocycles. The normalized spacial score (nSPS) is 32.6. The van der Waals surface area contributed by atoms with Crippen LogP contribution in [0.4, 0.5) is 0 Å². The van der Waals surface area contributed by atoms with Crippen LogP contribution < -0.4 is 0 Å². The molecule has 1 fully saturated rings. The summed E-state index contributed by atoms with van der Waals surface area (Å²) in [4.78, 5) is 0. The van der Waals surface area contributed by atoms with E-state index >= 15 is 0 Å². The maximum Gasteiger partial charge on any atom is 0.164 e. The molecule has 0 saturated carbocycles. The third kappa shape index (κ3) is 0.883. The average molecular weight is 208 g/mol. The van der Waals surface area contributed by atoms with Crippen LogP contribution in [-0.4, -0.2) is 8.42 Å². The first kappa shape index (κ1) is 8.48. The van der Waals surface area contributed by atoms with Gasteiger partial charge in [-0.1, -0.05) is 30.7 Å². The second-order valence-electron chi connectivity index (χ2n) is 4.13. The van der Waals surface area contributed by atoms with Gasteiger partial charge in [0, 0.05) is 0 Å². The van der Waals surface area contributed by atoms with Gasteiger partial charge in [-0.3, -0.25) is 0 Å². The van der Waals surface area contributed by atoms with E-state index in [0.29, 0.717) is 0 Å². The molecule has 0 amide bonds. The van der Waals surface area contributed by atoms with Crippen LogP contribution in [0.5, 0.6) is 0 Å². The highest BCUT2D eigenvalue weighted by molar-refractivity contribution is 7.92. The Labute approximate surface area is 83.9 Å². The molecule has 0 spiro atoms. The Bertz CT molecular complexity index is 439. The van der Waals surface area contributed by atoms with E-state index < -0.39 is 9.84 Å². The van der Waals surface area contributed by atoms with Gasteiger partial charge in [0.25, 0.3) is 0 Å². The predicted molar refractivity (Wildman–Crippen MR) is 54.7 cm³/mol. The molecule has 1 aromatic rings. The van der Waals surface area contributed by atoms with Crippen molar-refractivity contribution in [1.29, 1.82) is 0 Å². The number of rotatable bonds is 0. The Morgan fingerprint density at radius 1 is 1.00 bits per heavy atom. The molecule has 2 bridgehead atoms. The van der Waals surface area contributed by atoms with Crippen molar-refractivity contribution in [3.05, 3.63) is 35.4 Å². The lowest BCUT2D eigenvalue weighted by Gasteiger charge is -2.19. The van der Waals surface area contributed by atoms with Crippen molar-refractivity contribution in [2.24, 2.45) is 0 Å². The molecule has 1 aromatic carbocycles. The molecule has 74 valence electrons. The number of hydrogen-bond acceptors (Lipinski definition) is 2. The van der Waals surface area contributed by atoms with Gasteiger partial charge >= 0.3 is 0 Å². The second-order valence-corrected chi connectivity index (χ2v) is 6.44. The Kier molecular flexibility index (Phi) is 1.57. The second kappa shape index (κ2) is 2.60. The van der Waals surface area contributed by atoms with E-state index in [2.05, 4.69) is 0 Å². The highest BCUT2D eigenvalue weighted by atomic mass is 32.2. The first-order valence-corrected chi connectivity index (χ1v) is 6.64. The molecule has 0 aliphatic carbocycles. The van der Waals surface area contributed by atoms with Crippen LogP contribution in [-0.2, 0) is 9.84 Å². The van der Waals surface area contributed by atoms with Crippen molar-refractivity contribution in [2.45, 2.75) is 29.8 Å². The number of benzene rings is 1. The van der Waals surface area contributed by atoms with Crippen LogP contribution in [0.3, 0.4) is 0 Å². The molecule has 0 N–H and O–H groups in total. The van der Waals surface area contributed by atoms with Gasteiger partial charge in [-0.25, -0.2) is 8.42 Å². The van der Waals surface area contributed by atoms with Crippen molar-refractivity contribution in [3.8, 4) is 0 Å². The smallest absolute Gasteiger partial charge is 0.164 e. The van der Waals surface area contributed by atoms with Crippen molar-refractivity contribution in [2.75, 3.05) is 0 Å². The highest BCUT2D eigenvalue weighted by Crippen LogP contribution is 2.52. The minimum atomic E-state index is -2.89. The summed E-state index contributed by atoms with van der Waals surface area (Å²) in [6.07, 6.45) is 2.68. The predicted octanol–water partition coefficient (Wildman–Crippen LogP) is 2.38. The quantitative estimate of drug-likeness (QED) is 0.656. The van der Waals surface area contributed by atoms with Crippen LogP contribution in [0, 0.1) is 0 Å². The van der Waals surface area contributed by atoms with E-state index in [4.69, 9.17) is 0 Å². The van der Waals surface area contributed by atoms with Crippen LogP contribution in [0.25, 0.3) is 0 Å². The molecular formula is C11H12O2S. The molecule has 2 unspecified atom stereocenters. The molecule has 2 aliphatic heterocycles. The first-order valence-electron chi connectivity index (χ1n) is 5.03. The molecule has 3 heteroatoms. The first-order chi connectivity index (χ1) is 6.71. The molecule has 3 rings (SSSR count). The summed E-state index contributed by atoms with van der Waals surface area (Å²) in [5.41, 5.74) is 2.13. The SMILES string of the molecule is O=S1(=O)C2CCCC1c1ccccc12. The van der Waals surface area contributed by atoms with Gasteiger partial charge < -0.3 is 0 Å². The van der Waals surface area contributed by atoms with Crippen molar-refractivity contribution in [1.82, 2.24) is 0 Å². The lowest BCUT2D eigenvalue weighted by Crippen LogP contribution is -2.16. The standard InChI is InChI=1S/C11H12O2S/c12-14(13)10-6-3-7-11(14)9-5-2-1-4-8(9)10/h1-2,4-5,10-11H,3,6-7H2. The summed E-state index contributed by atoms with van der Waals surface area (Å²) in [5.74, 6) is 0. The number of fused-ring (bicyclic) bond motifs is 5. The lowest BCUT2D eigenvalue weighted by atomic mass is 10.0. The number of hydrogen-bond donors (Lipinski definition) is 0. The zero-order valence-corrected chi connectivity index (χ0v) is 8.63. The number of sulfone groups is 1. The van der Waals surface area contributed by atoms with Crippen LogP contribution in [0.15, 0.2) is 24.3 Å². The monoisotopic (exact) mass is 208 g/mol. The maximum absolute atomic E-state index is 12.0. The van der Waals surface area contributed by atoms with Crippen molar-refractivity contribution >= 4 is 9.84 Å². The Morgan fingerprint density at radius 3 is 2.00 bits per heavy atom. The summed E-state index contributed by atoms with van der Waals surface area (Å²) in [6, 6.07) is 7.83. The average Bonchev–Trinajstić information content (AvgIpc) is 2.35. The fourth-order valence-corrected chi connectivity index (χ4v) is 5.30. The van der Waals surface area contributed by atoms with E-state index in [9.17, 15) is 8.42 Å². The Hall–Kier alpha value is -0.830. The summed E-state index contributed by atoms with van der Waals surface area (Å²) >= 11 is 0. The van der Waals surface area contributed by atoms with Gasteiger partial charge in [0.05, 0.1) is 10.5 Å². The zero-order chi connectivity index (χ0) is 9.76. The van der Waals surface area contributed by atoms with Gasteiger partial charge in [-0.2, -0.15) is 0 Å². The highest BCUT2D eigenvalue weighted by Gasteiger charge is 2.46. The Morgan fingerprint density at radius 2 is 1.50 bits per heavy atom. The van der Waals surface area contributed by atoms with Crippen LogP contribution in [0.1, 0.15) is 40.9 Å². The third-order valence-electron chi connectivity index (χ3n) is 3.42. The van der Waals surface area contributed by atoms with Crippen molar-refractivity contribution < 1.29 is 8.42 Å². The topological polar surface area (TPSA) is 34.1 Å². The van der Waals surface area contributed by atoms with E-state index in [0.717, 1.165) is 30.4 Å². The minimum Gasteiger partial charge on any atom is -0.228 e. The van der Waals surface area contributed by atoms with Crippen molar-refractivity contribution in [3.63, 3.8) is 0 Å². The fourth-order valence-electron chi connectivity index (χ4n) is 2.78. The maximum atomic E-state index is 12.0. The Balaban J connectivity index is 2.31. The van der Waals surface area contributed by atoms with Crippen LogP contribution >= 0.6 is 0 Å². The molecule has 2 aliphatic rings. The van der Waals surface area contributed by atoms with E-state index in [1.165, 1.54) is 0 Å². The molecule has 2 atom stereocenters.